The first-order valence-electron chi connectivity index (χ1n) is 9.20. The van der Waals surface area contributed by atoms with Gasteiger partial charge in [-0.1, -0.05) is 6.08 Å². The zero-order valence-electron chi connectivity index (χ0n) is 16.2. The second-order valence-corrected chi connectivity index (χ2v) is 7.43. The lowest BCUT2D eigenvalue weighted by Gasteiger charge is -2.34. The molecule has 15 heteroatoms. The van der Waals surface area contributed by atoms with Crippen LogP contribution in [0.3, 0.4) is 0 Å². The van der Waals surface area contributed by atoms with Crippen LogP contribution < -0.4 is 5.32 Å². The molecule has 0 unspecified atom stereocenters. The standard InChI is InChI=1S/C18H14F9N3O3/c19-16(20,21)11-7-9(1-4-28-11)29-12(31)10-8-15(10)2-5-30(6-3-15)14(32)33-13(17(22,23)24)18(25,26)27/h1,4,7-8,13H,2-3,5-6H2,(H,28,29,31). The molecule has 2 aliphatic rings. The number of aromatic nitrogens is 1. The average Bonchev–Trinajstić information content (AvgIpc) is 3.37. The highest BCUT2D eigenvalue weighted by atomic mass is 19.4. The van der Waals surface area contributed by atoms with Gasteiger partial charge in [0, 0.05) is 36.0 Å². The van der Waals surface area contributed by atoms with Crippen molar-refractivity contribution < 1.29 is 53.8 Å². The number of hydrogen-bond donors (Lipinski definition) is 1. The van der Waals surface area contributed by atoms with Crippen LogP contribution in [0, 0.1) is 5.41 Å². The summed E-state index contributed by atoms with van der Waals surface area (Å²) in [6.45, 7) is -0.579. The molecule has 3 rings (SSSR count). The van der Waals surface area contributed by atoms with E-state index in [9.17, 15) is 49.1 Å². The van der Waals surface area contributed by atoms with E-state index in [1.165, 1.54) is 6.08 Å². The van der Waals surface area contributed by atoms with Gasteiger partial charge in [-0.2, -0.15) is 39.5 Å². The fraction of sp³-hybridized carbons (Fsp3) is 0.500. The first kappa shape index (κ1) is 24.6. The number of carbonyl (C=O) groups is 2. The SMILES string of the molecule is O=C(Nc1ccnc(C(F)(F)F)c1)C1=CC12CCN(C(=O)OC(C(F)(F)F)C(F)(F)F)CC2. The van der Waals surface area contributed by atoms with Crippen molar-refractivity contribution in [2.45, 2.75) is 37.5 Å². The van der Waals surface area contributed by atoms with E-state index in [0.29, 0.717) is 11.0 Å². The van der Waals surface area contributed by atoms with Crippen LogP contribution in [0.4, 0.5) is 50.0 Å². The molecule has 1 N–H and O–H groups in total. The van der Waals surface area contributed by atoms with E-state index in [-0.39, 0.29) is 37.2 Å². The topological polar surface area (TPSA) is 71.5 Å². The summed E-state index contributed by atoms with van der Waals surface area (Å²) < 4.78 is 117. The lowest BCUT2D eigenvalue weighted by Crippen LogP contribution is -2.49. The van der Waals surface area contributed by atoms with Crippen molar-refractivity contribution in [3.8, 4) is 0 Å². The van der Waals surface area contributed by atoms with Crippen molar-refractivity contribution in [2.24, 2.45) is 5.41 Å². The van der Waals surface area contributed by atoms with E-state index in [2.05, 4.69) is 15.0 Å². The maximum atomic E-state index is 12.7. The summed E-state index contributed by atoms with van der Waals surface area (Å²) in [7, 11) is 0. The van der Waals surface area contributed by atoms with Crippen molar-refractivity contribution in [3.63, 3.8) is 0 Å². The first-order chi connectivity index (χ1) is 15.0. The average molecular weight is 491 g/mol. The number of rotatable bonds is 3. The van der Waals surface area contributed by atoms with Crippen molar-refractivity contribution >= 4 is 17.7 Å². The molecule has 0 radical (unpaired) electrons. The molecule has 0 bridgehead atoms. The molecule has 0 aromatic carbocycles. The normalized spacial score (nSPS) is 18.2. The van der Waals surface area contributed by atoms with Gasteiger partial charge in [0.05, 0.1) is 0 Å². The van der Waals surface area contributed by atoms with Crippen LogP contribution in [0.1, 0.15) is 18.5 Å². The van der Waals surface area contributed by atoms with Crippen LogP contribution in [0.15, 0.2) is 30.0 Å². The minimum absolute atomic E-state index is 0.0116. The van der Waals surface area contributed by atoms with Gasteiger partial charge in [-0.15, -0.1) is 0 Å². The van der Waals surface area contributed by atoms with E-state index in [1.807, 2.05) is 0 Å². The Morgan fingerprint density at radius 1 is 1.03 bits per heavy atom. The number of amides is 2. The number of ether oxygens (including phenoxy) is 1. The summed E-state index contributed by atoms with van der Waals surface area (Å²) in [5.41, 5.74) is -2.06. The molecule has 1 fully saturated rings. The molecule has 2 amide bonds. The Labute approximate surface area is 179 Å². The van der Waals surface area contributed by atoms with Crippen LogP contribution in [0.25, 0.3) is 0 Å². The number of hydrogen-bond acceptors (Lipinski definition) is 4. The molecule has 1 aliphatic carbocycles. The number of likely N-dealkylation sites (tertiary alicyclic amines) is 1. The molecular formula is C18H14F9N3O3. The molecule has 6 nitrogen and oxygen atoms in total. The Morgan fingerprint density at radius 3 is 2.12 bits per heavy atom. The van der Waals surface area contributed by atoms with Gasteiger partial charge in [-0.3, -0.25) is 9.78 Å². The Morgan fingerprint density at radius 2 is 1.61 bits per heavy atom. The second-order valence-electron chi connectivity index (χ2n) is 7.43. The maximum absolute atomic E-state index is 12.7. The largest absolute Gasteiger partial charge is 0.434 e. The maximum Gasteiger partial charge on any atom is 0.434 e. The zero-order chi connectivity index (χ0) is 24.8. The monoisotopic (exact) mass is 491 g/mol. The van der Waals surface area contributed by atoms with Gasteiger partial charge < -0.3 is 15.0 Å². The summed E-state index contributed by atoms with van der Waals surface area (Å²) in [5.74, 6) is -0.723. The molecule has 182 valence electrons. The minimum atomic E-state index is -5.84. The molecule has 0 saturated carbocycles. The number of nitrogens with one attached hydrogen (secondary N) is 1. The smallest absolute Gasteiger partial charge is 0.426 e. The van der Waals surface area contributed by atoms with Gasteiger partial charge in [0.1, 0.15) is 5.69 Å². The van der Waals surface area contributed by atoms with Gasteiger partial charge in [0.15, 0.2) is 0 Å². The number of carbonyl (C=O) groups excluding carboxylic acids is 2. The molecule has 0 atom stereocenters. The van der Waals surface area contributed by atoms with Crippen LogP contribution in [0.5, 0.6) is 0 Å². The lowest BCUT2D eigenvalue weighted by atomic mass is 9.88. The van der Waals surface area contributed by atoms with Crippen molar-refractivity contribution in [2.75, 3.05) is 18.4 Å². The lowest BCUT2D eigenvalue weighted by molar-refractivity contribution is -0.308. The Balaban J connectivity index is 1.56. The molecular weight excluding hydrogens is 477 g/mol. The van der Waals surface area contributed by atoms with E-state index in [1.54, 1.807) is 0 Å². The predicted octanol–water partition coefficient (Wildman–Crippen LogP) is 4.69. The van der Waals surface area contributed by atoms with Gasteiger partial charge in [-0.05, 0) is 25.0 Å². The van der Waals surface area contributed by atoms with Gasteiger partial charge in [0.25, 0.3) is 12.0 Å². The van der Waals surface area contributed by atoms with Gasteiger partial charge in [0.2, 0.25) is 0 Å². The summed E-state index contributed by atoms with van der Waals surface area (Å²) in [5, 5.41) is 2.28. The highest BCUT2D eigenvalue weighted by Gasteiger charge is 2.60. The van der Waals surface area contributed by atoms with Crippen molar-refractivity contribution in [1.82, 2.24) is 9.88 Å². The number of pyridine rings is 1. The number of piperidine rings is 1. The molecule has 33 heavy (non-hydrogen) atoms. The number of anilines is 1. The first-order valence-corrected chi connectivity index (χ1v) is 9.20. The third-order valence-electron chi connectivity index (χ3n) is 5.15. The molecule has 1 saturated heterocycles. The summed E-state index contributed by atoms with van der Waals surface area (Å²) in [6.07, 6.45) is -20.1. The summed E-state index contributed by atoms with van der Waals surface area (Å²) in [4.78, 5) is 28.0. The van der Waals surface area contributed by atoms with Crippen LogP contribution in [0.2, 0.25) is 0 Å². The zero-order valence-corrected chi connectivity index (χ0v) is 16.2. The third-order valence-corrected chi connectivity index (χ3v) is 5.15. The Bertz CT molecular complexity index is 947. The third kappa shape index (κ3) is 5.50. The second kappa shape index (κ2) is 8.09. The van der Waals surface area contributed by atoms with Crippen molar-refractivity contribution in [3.05, 3.63) is 35.7 Å². The van der Waals surface area contributed by atoms with Gasteiger partial charge in [-0.25, -0.2) is 4.79 Å². The fourth-order valence-corrected chi connectivity index (χ4v) is 3.39. The molecule has 1 aromatic heterocycles. The molecule has 1 aromatic rings. The van der Waals surface area contributed by atoms with E-state index < -0.39 is 47.7 Å². The Kier molecular flexibility index (Phi) is 6.04. The van der Waals surface area contributed by atoms with E-state index in [4.69, 9.17) is 0 Å². The van der Waals surface area contributed by atoms with E-state index in [0.717, 1.165) is 12.3 Å². The quantitative estimate of drug-likeness (QED) is 0.623. The van der Waals surface area contributed by atoms with Crippen LogP contribution in [-0.4, -0.2) is 53.4 Å². The highest BCUT2D eigenvalue weighted by molar-refractivity contribution is 6.08. The van der Waals surface area contributed by atoms with Crippen LogP contribution in [-0.2, 0) is 15.7 Å². The predicted molar refractivity (Wildman–Crippen MR) is 91.6 cm³/mol. The van der Waals surface area contributed by atoms with Crippen molar-refractivity contribution in [1.29, 1.82) is 0 Å². The number of halogens is 9. The summed E-state index contributed by atoms with van der Waals surface area (Å²) >= 11 is 0. The highest BCUT2D eigenvalue weighted by Crippen LogP contribution is 2.52. The molecule has 1 aliphatic heterocycles. The number of alkyl halides is 9. The number of allylic oxidation sites excluding steroid dienone is 1. The molecule has 2 heterocycles. The fourth-order valence-electron chi connectivity index (χ4n) is 3.39. The minimum Gasteiger partial charge on any atom is -0.426 e. The Hall–Kier alpha value is -3.00. The van der Waals surface area contributed by atoms with Crippen LogP contribution >= 0.6 is 0 Å². The summed E-state index contributed by atoms with van der Waals surface area (Å²) in [6, 6.07) is 1.77. The molecule has 1 spiro atoms. The van der Waals surface area contributed by atoms with E-state index >= 15 is 0 Å². The number of nitrogens with zero attached hydrogens (tertiary/aromatic N) is 2. The van der Waals surface area contributed by atoms with Gasteiger partial charge >= 0.3 is 24.6 Å².